The Labute approximate surface area is 214 Å². The van der Waals surface area contributed by atoms with E-state index in [0.717, 1.165) is 22.9 Å². The Balaban J connectivity index is 1.25. The lowest BCUT2D eigenvalue weighted by molar-refractivity contribution is 0.392. The first-order valence-corrected chi connectivity index (χ1v) is 14.7. The number of halogens is 1. The number of sulfonamides is 1. The molecular weight excluding hydrogens is 521 g/mol. The Morgan fingerprint density at radius 2 is 1.73 bits per heavy atom. The van der Waals surface area contributed by atoms with Gasteiger partial charge in [0, 0.05) is 31.0 Å². The molecule has 2 aromatic carbocycles. The fourth-order valence-electron chi connectivity index (χ4n) is 3.99. The van der Waals surface area contributed by atoms with Gasteiger partial charge in [0.1, 0.15) is 0 Å². The van der Waals surface area contributed by atoms with Crippen molar-refractivity contribution in [2.75, 3.05) is 17.2 Å². The molecule has 5 N–H and O–H groups in total. The molecule has 0 unspecified atom stereocenters. The molecule has 1 fully saturated rings. The van der Waals surface area contributed by atoms with Crippen molar-refractivity contribution in [2.45, 2.75) is 37.6 Å². The normalized spacial score (nSPS) is 16.3. The molecule has 0 spiro atoms. The maximum Gasteiger partial charge on any atom is 0.277 e. The summed E-state index contributed by atoms with van der Waals surface area (Å²) >= 11 is 0. The van der Waals surface area contributed by atoms with Crippen molar-refractivity contribution in [2.24, 2.45) is 5.14 Å². The van der Waals surface area contributed by atoms with Crippen molar-refractivity contribution in [3.63, 3.8) is 0 Å². The van der Waals surface area contributed by atoms with E-state index in [0.29, 0.717) is 37.2 Å². The quantitative estimate of drug-likeness (QED) is 0.317. The van der Waals surface area contributed by atoms with Gasteiger partial charge in [0.05, 0.1) is 11.4 Å². The zero-order valence-corrected chi connectivity index (χ0v) is 21.3. The van der Waals surface area contributed by atoms with Crippen LogP contribution in [0.1, 0.15) is 29.5 Å². The number of nitrogens with zero attached hydrogens (tertiary/aromatic N) is 3. The van der Waals surface area contributed by atoms with Crippen LogP contribution < -0.4 is 20.5 Å². The van der Waals surface area contributed by atoms with Crippen molar-refractivity contribution < 1.29 is 21.2 Å². The molecule has 1 aromatic heterocycles. The molecule has 1 saturated carbocycles. The molecule has 11 nitrogen and oxygen atoms in total. The van der Waals surface area contributed by atoms with Crippen LogP contribution in [-0.2, 0) is 39.7 Å². The minimum Gasteiger partial charge on any atom is -0.338 e. The van der Waals surface area contributed by atoms with Crippen LogP contribution in [0.2, 0.25) is 0 Å². The lowest BCUT2D eigenvalue weighted by Crippen LogP contribution is -2.40. The van der Waals surface area contributed by atoms with Gasteiger partial charge in [-0.2, -0.15) is 17.7 Å². The van der Waals surface area contributed by atoms with Crippen LogP contribution in [0, 0.1) is 5.82 Å². The predicted octanol–water partition coefficient (Wildman–Crippen LogP) is 2.25. The topological polar surface area (TPSA) is 159 Å². The number of nitrogens with two attached hydrogens (primary N) is 1. The van der Waals surface area contributed by atoms with E-state index in [9.17, 15) is 21.2 Å². The second-order valence-electron chi connectivity index (χ2n) is 9.01. The number of aromatic nitrogens is 2. The Bertz CT molecular complexity index is 1530. The van der Waals surface area contributed by atoms with Gasteiger partial charge in [-0.1, -0.05) is 18.2 Å². The molecule has 0 bridgehead atoms. The number of hydrogen-bond donors (Lipinski definition) is 4. The number of fused-ring (bicyclic) bond motifs is 1. The number of benzene rings is 2. The highest BCUT2D eigenvalue weighted by atomic mass is 32.2. The SMILES string of the molecule is NS(=O)(=O)N1CCc2ccc(Nc3ncc(F)c(Nc4ccc(CNS(=O)(=O)C5CC5)cc4)n3)cc2C1. The van der Waals surface area contributed by atoms with Gasteiger partial charge in [-0.3, -0.25) is 0 Å². The number of nitrogens with one attached hydrogen (secondary N) is 3. The Morgan fingerprint density at radius 1 is 1.00 bits per heavy atom. The highest BCUT2D eigenvalue weighted by molar-refractivity contribution is 7.90. The molecule has 1 aliphatic heterocycles. The summed E-state index contributed by atoms with van der Waals surface area (Å²) in [6.07, 6.45) is 2.99. The first kappa shape index (κ1) is 25.5. The van der Waals surface area contributed by atoms with Gasteiger partial charge in [0.15, 0.2) is 11.6 Å². The van der Waals surface area contributed by atoms with E-state index in [1.807, 2.05) is 12.1 Å². The van der Waals surface area contributed by atoms with Crippen LogP contribution in [0.5, 0.6) is 0 Å². The summed E-state index contributed by atoms with van der Waals surface area (Å²) in [7, 11) is -7.05. The maximum atomic E-state index is 14.4. The second-order valence-corrected chi connectivity index (χ2v) is 12.6. The first-order valence-electron chi connectivity index (χ1n) is 11.6. The molecular formula is C23H26FN7O4S2. The Kier molecular flexibility index (Phi) is 6.85. The van der Waals surface area contributed by atoms with Crippen molar-refractivity contribution in [1.29, 1.82) is 0 Å². The monoisotopic (exact) mass is 547 g/mol. The smallest absolute Gasteiger partial charge is 0.277 e. The van der Waals surface area contributed by atoms with Crippen molar-refractivity contribution >= 4 is 43.4 Å². The number of rotatable bonds is 9. The summed E-state index contributed by atoms with van der Waals surface area (Å²) in [5.74, 6) is -0.548. The van der Waals surface area contributed by atoms with Crippen molar-refractivity contribution in [1.82, 2.24) is 19.0 Å². The lowest BCUT2D eigenvalue weighted by Gasteiger charge is -2.26. The second kappa shape index (κ2) is 9.95. The van der Waals surface area contributed by atoms with Crippen LogP contribution in [0.15, 0.2) is 48.7 Å². The van der Waals surface area contributed by atoms with E-state index >= 15 is 0 Å². The molecule has 0 atom stereocenters. The van der Waals surface area contributed by atoms with Crippen LogP contribution >= 0.6 is 0 Å². The van der Waals surface area contributed by atoms with E-state index in [-0.39, 0.29) is 30.1 Å². The van der Waals surface area contributed by atoms with Gasteiger partial charge >= 0.3 is 0 Å². The molecule has 0 amide bonds. The summed E-state index contributed by atoms with van der Waals surface area (Å²) in [5, 5.41) is 10.9. The molecule has 2 aliphatic rings. The Hall–Kier alpha value is -3.17. The zero-order chi connectivity index (χ0) is 26.2. The third-order valence-corrected chi connectivity index (χ3v) is 9.13. The summed E-state index contributed by atoms with van der Waals surface area (Å²) in [5.41, 5.74) is 3.79. The van der Waals surface area contributed by atoms with Crippen LogP contribution in [0.25, 0.3) is 0 Å². The first-order chi connectivity index (χ1) is 17.6. The van der Waals surface area contributed by atoms with Crippen LogP contribution in [0.4, 0.5) is 27.5 Å². The molecule has 196 valence electrons. The highest BCUT2D eigenvalue weighted by Gasteiger charge is 2.35. The van der Waals surface area contributed by atoms with E-state index in [1.165, 1.54) is 4.31 Å². The minimum atomic E-state index is -3.79. The van der Waals surface area contributed by atoms with Gasteiger partial charge < -0.3 is 10.6 Å². The fourth-order valence-corrected chi connectivity index (χ4v) is 6.02. The zero-order valence-electron chi connectivity index (χ0n) is 19.7. The van der Waals surface area contributed by atoms with Crippen molar-refractivity contribution in [3.05, 3.63) is 71.2 Å². The third-order valence-electron chi connectivity index (χ3n) is 6.20. The molecule has 2 heterocycles. The van der Waals surface area contributed by atoms with E-state index in [4.69, 9.17) is 5.14 Å². The molecule has 3 aromatic rings. The molecule has 37 heavy (non-hydrogen) atoms. The maximum absolute atomic E-state index is 14.4. The summed E-state index contributed by atoms with van der Waals surface area (Å²) < 4.78 is 65.6. The summed E-state index contributed by atoms with van der Waals surface area (Å²) in [6.45, 7) is 0.676. The standard InChI is InChI=1S/C23H26FN7O4S2/c24-21-13-26-23(29-19-6-3-16-9-10-31(37(25,34)35)14-17(16)11-19)30-22(21)28-18-4-1-15(2-5-18)12-27-36(32,33)20-7-8-20/h1-6,11,13,20,27H,7-10,12,14H2,(H2,25,34,35)(H2,26,28,29,30). The van der Waals surface area contributed by atoms with Gasteiger partial charge in [-0.25, -0.2) is 27.7 Å². The van der Waals surface area contributed by atoms with Gasteiger partial charge in [-0.05, 0) is 60.2 Å². The molecule has 0 saturated heterocycles. The van der Waals surface area contributed by atoms with Crippen LogP contribution in [-0.4, -0.2) is 42.9 Å². The highest BCUT2D eigenvalue weighted by Crippen LogP contribution is 2.28. The average Bonchev–Trinajstić information content (AvgIpc) is 3.71. The van der Waals surface area contributed by atoms with E-state index in [1.54, 1.807) is 30.3 Å². The predicted molar refractivity (Wildman–Crippen MR) is 137 cm³/mol. The molecule has 5 rings (SSSR count). The summed E-state index contributed by atoms with van der Waals surface area (Å²) in [6, 6.07) is 12.4. The third kappa shape index (κ3) is 6.22. The van der Waals surface area contributed by atoms with Crippen LogP contribution in [0.3, 0.4) is 0 Å². The van der Waals surface area contributed by atoms with Gasteiger partial charge in [0.2, 0.25) is 16.0 Å². The average molecular weight is 548 g/mol. The molecule has 14 heteroatoms. The number of hydrogen-bond acceptors (Lipinski definition) is 8. The van der Waals surface area contributed by atoms with E-state index in [2.05, 4.69) is 25.3 Å². The molecule has 1 aliphatic carbocycles. The van der Waals surface area contributed by atoms with Gasteiger partial charge in [0.25, 0.3) is 10.2 Å². The van der Waals surface area contributed by atoms with Gasteiger partial charge in [-0.15, -0.1) is 0 Å². The molecule has 0 radical (unpaired) electrons. The number of anilines is 4. The largest absolute Gasteiger partial charge is 0.338 e. The minimum absolute atomic E-state index is 0.0435. The fraction of sp³-hybridized carbons (Fsp3) is 0.304. The Morgan fingerprint density at radius 3 is 2.43 bits per heavy atom. The van der Waals surface area contributed by atoms with E-state index < -0.39 is 26.0 Å². The summed E-state index contributed by atoms with van der Waals surface area (Å²) in [4.78, 5) is 8.21. The lowest BCUT2D eigenvalue weighted by atomic mass is 10.0. The van der Waals surface area contributed by atoms with Crippen molar-refractivity contribution in [3.8, 4) is 0 Å².